The number of anilines is 1. The first-order valence-electron chi connectivity index (χ1n) is 11.9. The predicted molar refractivity (Wildman–Crippen MR) is 138 cm³/mol. The molecule has 11 heteroatoms. The van der Waals surface area contributed by atoms with Gasteiger partial charge in [-0.3, -0.25) is 4.72 Å². The number of ether oxygens (including phenoxy) is 2. The standard InChI is InChI=1S/C26H30N4O6S/c1-16-6-3-7-17(2)24(16)25-28-22(30-37(33,34)21-10-4-8-18(12-21)26(31)32)14-23(29-25)36-15-19(27)13-20-9-5-11-35-20/h3-4,6-8,10,12,14,19-20H,5,9,11,13,15,27H2,1-2H3,(H,31,32)(H,28,29,30). The largest absolute Gasteiger partial charge is 0.478 e. The molecule has 0 amide bonds. The number of nitrogens with one attached hydrogen (secondary N) is 1. The van der Waals surface area contributed by atoms with Crippen LogP contribution in [0.25, 0.3) is 11.4 Å². The van der Waals surface area contributed by atoms with Crippen molar-refractivity contribution < 1.29 is 27.8 Å². The number of carboxylic acids is 1. The molecule has 1 aliphatic rings. The number of hydrogen-bond donors (Lipinski definition) is 3. The van der Waals surface area contributed by atoms with E-state index in [1.807, 2.05) is 32.0 Å². The predicted octanol–water partition coefficient (Wildman–Crippen LogP) is 3.53. The van der Waals surface area contributed by atoms with E-state index in [-0.39, 0.29) is 46.7 Å². The van der Waals surface area contributed by atoms with Crippen LogP contribution in [0.15, 0.2) is 53.4 Å². The number of nitrogens with two attached hydrogens (primary N) is 1. The molecule has 1 fully saturated rings. The molecule has 0 saturated carbocycles. The number of carboxylic acid groups (broad SMARTS) is 1. The van der Waals surface area contributed by atoms with Crippen LogP contribution in [0, 0.1) is 13.8 Å². The average molecular weight is 527 g/mol. The van der Waals surface area contributed by atoms with Crippen molar-refractivity contribution in [3.8, 4) is 17.3 Å². The zero-order chi connectivity index (χ0) is 26.6. The molecule has 2 atom stereocenters. The maximum atomic E-state index is 13.1. The Morgan fingerprint density at radius 1 is 1.19 bits per heavy atom. The van der Waals surface area contributed by atoms with E-state index in [0.717, 1.165) is 42.2 Å². The molecule has 4 rings (SSSR count). The quantitative estimate of drug-likeness (QED) is 0.360. The van der Waals surface area contributed by atoms with Gasteiger partial charge in [0, 0.05) is 24.3 Å². The van der Waals surface area contributed by atoms with Crippen LogP contribution >= 0.6 is 0 Å². The summed E-state index contributed by atoms with van der Waals surface area (Å²) in [7, 11) is -4.15. The smallest absolute Gasteiger partial charge is 0.335 e. The molecule has 196 valence electrons. The van der Waals surface area contributed by atoms with Crippen LogP contribution in [-0.4, -0.2) is 54.8 Å². The van der Waals surface area contributed by atoms with Crippen LogP contribution in [0.5, 0.6) is 5.88 Å². The number of aromatic nitrogens is 2. The SMILES string of the molecule is Cc1cccc(C)c1-c1nc(NS(=O)(=O)c2cccc(C(=O)O)c2)cc(OCC(N)CC2CCCO2)n1. The summed E-state index contributed by atoms with van der Waals surface area (Å²) in [6.45, 7) is 4.73. The molecule has 2 aromatic carbocycles. The van der Waals surface area contributed by atoms with Gasteiger partial charge in [-0.2, -0.15) is 4.98 Å². The van der Waals surface area contributed by atoms with E-state index in [1.54, 1.807) is 0 Å². The van der Waals surface area contributed by atoms with Crippen molar-refractivity contribution in [1.29, 1.82) is 0 Å². The van der Waals surface area contributed by atoms with Crippen molar-refractivity contribution >= 4 is 21.8 Å². The van der Waals surface area contributed by atoms with Crippen LogP contribution in [0.4, 0.5) is 5.82 Å². The Balaban J connectivity index is 1.64. The van der Waals surface area contributed by atoms with E-state index in [4.69, 9.17) is 15.2 Å². The zero-order valence-corrected chi connectivity index (χ0v) is 21.5. The normalized spacial score (nSPS) is 16.4. The molecule has 2 unspecified atom stereocenters. The summed E-state index contributed by atoms with van der Waals surface area (Å²) >= 11 is 0. The van der Waals surface area contributed by atoms with Gasteiger partial charge in [0.05, 0.1) is 16.6 Å². The summed E-state index contributed by atoms with van der Waals surface area (Å²) in [6, 6.07) is 11.9. The van der Waals surface area contributed by atoms with E-state index < -0.39 is 16.0 Å². The summed E-state index contributed by atoms with van der Waals surface area (Å²) in [5.41, 5.74) is 8.68. The molecule has 3 aromatic rings. The molecule has 0 radical (unpaired) electrons. The second-order valence-electron chi connectivity index (χ2n) is 9.06. The lowest BCUT2D eigenvalue weighted by atomic mass is 10.0. The number of rotatable bonds is 10. The Kier molecular flexibility index (Phi) is 8.06. The lowest BCUT2D eigenvalue weighted by Crippen LogP contribution is -2.32. The maximum Gasteiger partial charge on any atom is 0.335 e. The highest BCUT2D eigenvalue weighted by Crippen LogP contribution is 2.28. The third-order valence-electron chi connectivity index (χ3n) is 6.07. The number of aryl methyl sites for hydroxylation is 2. The van der Waals surface area contributed by atoms with Gasteiger partial charge >= 0.3 is 5.97 Å². The van der Waals surface area contributed by atoms with Crippen LogP contribution in [0.3, 0.4) is 0 Å². The lowest BCUT2D eigenvalue weighted by molar-refractivity contribution is 0.0696. The number of hydrogen-bond acceptors (Lipinski definition) is 8. The van der Waals surface area contributed by atoms with Crippen molar-refractivity contribution in [3.63, 3.8) is 0 Å². The number of aromatic carboxylic acids is 1. The summed E-state index contributed by atoms with van der Waals surface area (Å²) in [5.74, 6) is -0.798. The Labute approximate surface area is 215 Å². The van der Waals surface area contributed by atoms with Gasteiger partial charge in [0.2, 0.25) is 5.88 Å². The lowest BCUT2D eigenvalue weighted by Gasteiger charge is -2.18. The molecule has 0 bridgehead atoms. The molecule has 0 spiro atoms. The van der Waals surface area contributed by atoms with E-state index >= 15 is 0 Å². The minimum absolute atomic E-state index is 0.0175. The van der Waals surface area contributed by atoms with Gasteiger partial charge in [-0.1, -0.05) is 24.3 Å². The number of nitrogens with zero attached hydrogens (tertiary/aromatic N) is 2. The molecule has 1 aromatic heterocycles. The molecule has 10 nitrogen and oxygen atoms in total. The van der Waals surface area contributed by atoms with Crippen molar-refractivity contribution in [2.45, 2.75) is 50.2 Å². The fraction of sp³-hybridized carbons (Fsp3) is 0.346. The minimum atomic E-state index is -4.15. The van der Waals surface area contributed by atoms with Gasteiger partial charge in [0.25, 0.3) is 10.0 Å². The van der Waals surface area contributed by atoms with Crippen LogP contribution in [0.2, 0.25) is 0 Å². The highest BCUT2D eigenvalue weighted by atomic mass is 32.2. The van der Waals surface area contributed by atoms with Gasteiger partial charge in [0.15, 0.2) is 5.82 Å². The summed E-state index contributed by atoms with van der Waals surface area (Å²) in [4.78, 5) is 20.1. The van der Waals surface area contributed by atoms with E-state index in [1.165, 1.54) is 24.3 Å². The molecule has 4 N–H and O–H groups in total. The first kappa shape index (κ1) is 26.5. The number of carbonyl (C=O) groups is 1. The van der Waals surface area contributed by atoms with Crippen molar-refractivity contribution in [3.05, 3.63) is 65.2 Å². The third-order valence-corrected chi connectivity index (χ3v) is 7.42. The zero-order valence-electron chi connectivity index (χ0n) is 20.7. The second kappa shape index (κ2) is 11.2. The van der Waals surface area contributed by atoms with E-state index in [9.17, 15) is 18.3 Å². The monoisotopic (exact) mass is 526 g/mol. The molecule has 2 heterocycles. The number of benzene rings is 2. The Morgan fingerprint density at radius 2 is 1.92 bits per heavy atom. The second-order valence-corrected chi connectivity index (χ2v) is 10.7. The van der Waals surface area contributed by atoms with E-state index in [2.05, 4.69) is 14.7 Å². The first-order chi connectivity index (χ1) is 17.6. The first-order valence-corrected chi connectivity index (χ1v) is 13.4. The van der Waals surface area contributed by atoms with E-state index in [0.29, 0.717) is 6.42 Å². The molecule has 1 saturated heterocycles. The average Bonchev–Trinajstić information content (AvgIpc) is 3.35. The molecule has 0 aliphatic carbocycles. The van der Waals surface area contributed by atoms with Crippen molar-refractivity contribution in [1.82, 2.24) is 9.97 Å². The van der Waals surface area contributed by atoms with Gasteiger partial charge in [-0.15, -0.1) is 0 Å². The van der Waals surface area contributed by atoms with Crippen LogP contribution in [0.1, 0.15) is 40.7 Å². The Hall–Kier alpha value is -3.54. The van der Waals surface area contributed by atoms with Crippen LogP contribution < -0.4 is 15.2 Å². The fourth-order valence-electron chi connectivity index (χ4n) is 4.25. The highest BCUT2D eigenvalue weighted by Gasteiger charge is 2.22. The molecular weight excluding hydrogens is 496 g/mol. The molecule has 1 aliphatic heterocycles. The minimum Gasteiger partial charge on any atom is -0.478 e. The van der Waals surface area contributed by atoms with Gasteiger partial charge in [-0.25, -0.2) is 18.2 Å². The highest BCUT2D eigenvalue weighted by molar-refractivity contribution is 7.92. The summed E-state index contributed by atoms with van der Waals surface area (Å²) in [5, 5.41) is 9.24. The topological polar surface area (TPSA) is 154 Å². The van der Waals surface area contributed by atoms with Crippen molar-refractivity contribution in [2.75, 3.05) is 17.9 Å². The maximum absolute atomic E-state index is 13.1. The van der Waals surface area contributed by atoms with Gasteiger partial charge in [-0.05, 0) is 62.4 Å². The fourth-order valence-corrected chi connectivity index (χ4v) is 5.29. The molecular formula is C26H30N4O6S. The molecule has 37 heavy (non-hydrogen) atoms. The summed E-state index contributed by atoms with van der Waals surface area (Å²) in [6.07, 6.45) is 2.74. The summed E-state index contributed by atoms with van der Waals surface area (Å²) < 4.78 is 40.1. The Morgan fingerprint density at radius 3 is 2.59 bits per heavy atom. The van der Waals surface area contributed by atoms with Gasteiger partial charge in [0.1, 0.15) is 12.4 Å². The van der Waals surface area contributed by atoms with Gasteiger partial charge < -0.3 is 20.3 Å². The van der Waals surface area contributed by atoms with Crippen molar-refractivity contribution in [2.24, 2.45) is 5.73 Å². The Bertz CT molecular complexity index is 1370. The van der Waals surface area contributed by atoms with Crippen LogP contribution in [-0.2, 0) is 14.8 Å². The number of sulfonamides is 1. The third kappa shape index (κ3) is 6.62.